The second-order valence-electron chi connectivity index (χ2n) is 6.39. The summed E-state index contributed by atoms with van der Waals surface area (Å²) in [5.41, 5.74) is -0.164. The summed E-state index contributed by atoms with van der Waals surface area (Å²) in [6, 6.07) is 13.4. The number of fused-ring (bicyclic) bond motifs is 1. The van der Waals surface area contributed by atoms with Gasteiger partial charge in [0.05, 0.1) is 0 Å². The molecule has 0 saturated carbocycles. The van der Waals surface area contributed by atoms with Crippen LogP contribution in [0.15, 0.2) is 42.5 Å². The molecule has 4 heteroatoms. The second-order valence-corrected chi connectivity index (χ2v) is 6.39. The molecule has 0 aromatic heterocycles. The molecule has 2 aromatic carbocycles. The van der Waals surface area contributed by atoms with Crippen LogP contribution in [-0.2, 0) is 10.3 Å². The predicted octanol–water partition coefficient (Wildman–Crippen LogP) is 3.26. The Morgan fingerprint density at radius 1 is 1.09 bits per heavy atom. The molecule has 1 aliphatic rings. The van der Waals surface area contributed by atoms with E-state index >= 15 is 0 Å². The number of imide groups is 1. The summed E-state index contributed by atoms with van der Waals surface area (Å²) in [5, 5.41) is 4.94. The first-order valence-electron chi connectivity index (χ1n) is 7.56. The number of nitrogens with one attached hydrogen (secondary N) is 1. The van der Waals surface area contributed by atoms with Crippen molar-refractivity contribution >= 4 is 22.7 Å². The number of amides is 3. The van der Waals surface area contributed by atoms with E-state index in [1.54, 1.807) is 6.92 Å². The number of nitrogens with zero attached hydrogens (tertiary/aromatic N) is 1. The van der Waals surface area contributed by atoms with Crippen LogP contribution in [0, 0.1) is 5.92 Å². The van der Waals surface area contributed by atoms with Gasteiger partial charge in [0.25, 0.3) is 5.91 Å². The Kier molecular flexibility index (Phi) is 3.39. The van der Waals surface area contributed by atoms with Crippen LogP contribution in [0.2, 0.25) is 0 Å². The fourth-order valence-corrected chi connectivity index (χ4v) is 3.07. The lowest BCUT2D eigenvalue weighted by molar-refractivity contribution is -0.131. The highest BCUT2D eigenvalue weighted by atomic mass is 16.2. The third kappa shape index (κ3) is 2.15. The topological polar surface area (TPSA) is 49.4 Å². The SMILES string of the molecule is CC(C)CN1C(=O)N[C@@](C)(c2cccc3ccccc23)C1=O. The zero-order valence-electron chi connectivity index (χ0n) is 13.1. The molecule has 4 nitrogen and oxygen atoms in total. The van der Waals surface area contributed by atoms with Gasteiger partial charge in [0.1, 0.15) is 5.54 Å². The first-order chi connectivity index (χ1) is 10.4. The molecule has 22 heavy (non-hydrogen) atoms. The number of hydrogen-bond donors (Lipinski definition) is 1. The summed E-state index contributed by atoms with van der Waals surface area (Å²) in [6.07, 6.45) is 0. The van der Waals surface area contributed by atoms with E-state index in [2.05, 4.69) is 5.32 Å². The van der Waals surface area contributed by atoms with Crippen LogP contribution in [0.3, 0.4) is 0 Å². The summed E-state index contributed by atoms with van der Waals surface area (Å²) in [7, 11) is 0. The van der Waals surface area contributed by atoms with E-state index in [9.17, 15) is 9.59 Å². The van der Waals surface area contributed by atoms with Gasteiger partial charge < -0.3 is 5.32 Å². The molecule has 0 radical (unpaired) electrons. The Bertz CT molecular complexity index is 748. The lowest BCUT2D eigenvalue weighted by Crippen LogP contribution is -2.41. The maximum absolute atomic E-state index is 12.9. The van der Waals surface area contributed by atoms with E-state index in [-0.39, 0.29) is 17.9 Å². The molecular weight excluding hydrogens is 276 g/mol. The molecule has 1 fully saturated rings. The van der Waals surface area contributed by atoms with E-state index < -0.39 is 5.54 Å². The molecule has 1 atom stereocenters. The van der Waals surface area contributed by atoms with Crippen LogP contribution in [0.1, 0.15) is 26.3 Å². The molecule has 0 spiro atoms. The molecule has 114 valence electrons. The van der Waals surface area contributed by atoms with Crippen LogP contribution >= 0.6 is 0 Å². The van der Waals surface area contributed by atoms with Gasteiger partial charge in [0, 0.05) is 6.54 Å². The smallest absolute Gasteiger partial charge is 0.319 e. The summed E-state index contributed by atoms with van der Waals surface area (Å²) in [4.78, 5) is 26.4. The highest BCUT2D eigenvalue weighted by molar-refractivity contribution is 6.09. The van der Waals surface area contributed by atoms with Gasteiger partial charge in [-0.25, -0.2) is 4.79 Å². The third-order valence-electron chi connectivity index (χ3n) is 4.15. The normalized spacial score (nSPS) is 21.7. The Morgan fingerprint density at radius 2 is 1.77 bits per heavy atom. The summed E-state index contributed by atoms with van der Waals surface area (Å²) < 4.78 is 0. The molecule has 1 heterocycles. The lowest BCUT2D eigenvalue weighted by atomic mass is 9.87. The van der Waals surface area contributed by atoms with Gasteiger partial charge in [-0.3, -0.25) is 9.69 Å². The molecule has 1 aliphatic heterocycles. The number of urea groups is 1. The molecule has 2 aromatic rings. The average Bonchev–Trinajstić information content (AvgIpc) is 2.70. The summed E-state index contributed by atoms with van der Waals surface area (Å²) >= 11 is 0. The molecule has 0 unspecified atom stereocenters. The average molecular weight is 296 g/mol. The Labute approximate surface area is 130 Å². The van der Waals surface area contributed by atoms with Crippen molar-refractivity contribution in [3.05, 3.63) is 48.0 Å². The van der Waals surface area contributed by atoms with E-state index in [1.807, 2.05) is 56.3 Å². The monoisotopic (exact) mass is 296 g/mol. The van der Waals surface area contributed by atoms with Gasteiger partial charge >= 0.3 is 6.03 Å². The van der Waals surface area contributed by atoms with Gasteiger partial charge in [-0.05, 0) is 29.2 Å². The Hall–Kier alpha value is -2.36. The standard InChI is InChI=1S/C18H20N2O2/c1-12(2)11-20-16(21)18(3,19-17(20)22)15-10-6-8-13-7-4-5-9-14(13)15/h4-10,12H,11H2,1-3H3,(H,19,22)/t18-/m0/s1. The minimum absolute atomic E-state index is 0.178. The third-order valence-corrected chi connectivity index (χ3v) is 4.15. The number of carbonyl (C=O) groups is 2. The van der Waals surface area contributed by atoms with Gasteiger partial charge in [-0.2, -0.15) is 0 Å². The molecule has 3 amide bonds. The molecule has 1 N–H and O–H groups in total. The van der Waals surface area contributed by atoms with Crippen molar-refractivity contribution in [2.24, 2.45) is 5.92 Å². The van der Waals surface area contributed by atoms with Gasteiger partial charge in [-0.1, -0.05) is 56.3 Å². The molecule has 1 saturated heterocycles. The zero-order valence-corrected chi connectivity index (χ0v) is 13.1. The van der Waals surface area contributed by atoms with Gasteiger partial charge in [-0.15, -0.1) is 0 Å². The largest absolute Gasteiger partial charge is 0.325 e. The Morgan fingerprint density at radius 3 is 2.50 bits per heavy atom. The first-order valence-corrected chi connectivity index (χ1v) is 7.56. The quantitative estimate of drug-likeness (QED) is 0.884. The maximum atomic E-state index is 12.9. The fraction of sp³-hybridized carbons (Fsp3) is 0.333. The molecule has 0 bridgehead atoms. The lowest BCUT2D eigenvalue weighted by Gasteiger charge is -2.24. The van der Waals surface area contributed by atoms with Crippen molar-refractivity contribution in [1.29, 1.82) is 0 Å². The van der Waals surface area contributed by atoms with Gasteiger partial charge in [0.15, 0.2) is 0 Å². The van der Waals surface area contributed by atoms with E-state index in [1.165, 1.54) is 4.90 Å². The minimum Gasteiger partial charge on any atom is -0.319 e. The van der Waals surface area contributed by atoms with E-state index in [0.29, 0.717) is 6.54 Å². The zero-order chi connectivity index (χ0) is 15.9. The van der Waals surface area contributed by atoms with Crippen molar-refractivity contribution in [1.82, 2.24) is 10.2 Å². The van der Waals surface area contributed by atoms with Gasteiger partial charge in [0.2, 0.25) is 0 Å². The van der Waals surface area contributed by atoms with Crippen LogP contribution in [-0.4, -0.2) is 23.4 Å². The number of carbonyl (C=O) groups excluding carboxylic acids is 2. The number of benzene rings is 2. The van der Waals surface area contributed by atoms with Crippen molar-refractivity contribution in [2.45, 2.75) is 26.3 Å². The molecule has 3 rings (SSSR count). The first kappa shape index (κ1) is 14.6. The highest BCUT2D eigenvalue weighted by Gasteiger charge is 2.49. The predicted molar refractivity (Wildman–Crippen MR) is 86.4 cm³/mol. The minimum atomic E-state index is -1.01. The van der Waals surface area contributed by atoms with Crippen molar-refractivity contribution < 1.29 is 9.59 Å². The molecular formula is C18H20N2O2. The van der Waals surface area contributed by atoms with E-state index in [0.717, 1.165) is 16.3 Å². The van der Waals surface area contributed by atoms with Crippen LogP contribution in [0.4, 0.5) is 4.79 Å². The summed E-state index contributed by atoms with van der Waals surface area (Å²) in [5.74, 6) is 0.0621. The maximum Gasteiger partial charge on any atom is 0.325 e. The Balaban J connectivity index is 2.10. The van der Waals surface area contributed by atoms with Crippen molar-refractivity contribution in [3.8, 4) is 0 Å². The van der Waals surface area contributed by atoms with Crippen LogP contribution in [0.25, 0.3) is 10.8 Å². The fourth-order valence-electron chi connectivity index (χ4n) is 3.07. The summed E-state index contributed by atoms with van der Waals surface area (Å²) in [6.45, 7) is 6.21. The highest BCUT2D eigenvalue weighted by Crippen LogP contribution is 2.34. The number of rotatable bonds is 3. The van der Waals surface area contributed by atoms with Crippen LogP contribution < -0.4 is 5.32 Å². The van der Waals surface area contributed by atoms with Crippen molar-refractivity contribution in [2.75, 3.05) is 6.54 Å². The van der Waals surface area contributed by atoms with E-state index in [4.69, 9.17) is 0 Å². The second kappa shape index (κ2) is 5.13. The number of hydrogen-bond acceptors (Lipinski definition) is 2. The van der Waals surface area contributed by atoms with Crippen molar-refractivity contribution in [3.63, 3.8) is 0 Å². The van der Waals surface area contributed by atoms with Crippen LogP contribution in [0.5, 0.6) is 0 Å². The molecule has 0 aliphatic carbocycles.